The topological polar surface area (TPSA) is 66.9 Å². The van der Waals surface area contributed by atoms with Crippen LogP contribution >= 0.6 is 0 Å². The van der Waals surface area contributed by atoms with Crippen LogP contribution in [0.4, 0.5) is 0 Å². The maximum Gasteiger partial charge on any atom is 0.341 e. The fourth-order valence-electron chi connectivity index (χ4n) is 2.82. The summed E-state index contributed by atoms with van der Waals surface area (Å²) in [5.74, 6) is 0.885. The van der Waals surface area contributed by atoms with Gasteiger partial charge in [0.05, 0.1) is 20.5 Å². The van der Waals surface area contributed by atoms with Crippen molar-refractivity contribution >= 4 is 11.5 Å². The summed E-state index contributed by atoms with van der Waals surface area (Å²) in [5, 5.41) is 0. The Kier molecular flexibility index (Phi) is 7.44. The van der Waals surface area contributed by atoms with Crippen LogP contribution in [0.1, 0.15) is 16.7 Å². The van der Waals surface area contributed by atoms with Crippen LogP contribution in [0.25, 0.3) is 5.57 Å². The highest BCUT2D eigenvalue weighted by atomic mass is 16.5. The number of esters is 1. The van der Waals surface area contributed by atoms with E-state index >= 15 is 0 Å². The minimum Gasteiger partial charge on any atom is -0.503 e. The zero-order chi connectivity index (χ0) is 21.2. The van der Waals surface area contributed by atoms with Crippen LogP contribution in [0.3, 0.4) is 0 Å². The number of carbonyl (C=O) groups excluding carboxylic acids is 1. The fraction of sp³-hybridized carbons (Fsp3) is 0.167. The molecule has 0 aliphatic rings. The molecule has 0 radical (unpaired) electrons. The van der Waals surface area contributed by atoms with Crippen molar-refractivity contribution in [1.29, 1.82) is 0 Å². The number of nitrogens with zero attached hydrogens (tertiary/aromatic N) is 1. The normalized spacial score (nSPS) is 10.9. The van der Waals surface area contributed by atoms with Crippen molar-refractivity contribution in [3.05, 3.63) is 96.0 Å². The Bertz CT molecular complexity index is 1000. The molecule has 154 valence electrons. The van der Waals surface area contributed by atoms with E-state index < -0.39 is 5.97 Å². The number of hydrogen-bond acceptors (Lipinski definition) is 6. The quantitative estimate of drug-likeness (QED) is 0.299. The lowest BCUT2D eigenvalue weighted by Crippen LogP contribution is -2.08. The third-order valence-corrected chi connectivity index (χ3v) is 4.30. The van der Waals surface area contributed by atoms with Gasteiger partial charge in [0.1, 0.15) is 30.3 Å². The molecule has 3 rings (SSSR count). The van der Waals surface area contributed by atoms with Crippen LogP contribution in [0.15, 0.2) is 79.3 Å². The third-order valence-electron chi connectivity index (χ3n) is 4.30. The molecule has 0 amide bonds. The Hall–Kier alpha value is -3.80. The molecule has 30 heavy (non-hydrogen) atoms. The van der Waals surface area contributed by atoms with Gasteiger partial charge >= 0.3 is 5.97 Å². The molecule has 0 atom stereocenters. The van der Waals surface area contributed by atoms with E-state index in [0.29, 0.717) is 29.2 Å². The van der Waals surface area contributed by atoms with Gasteiger partial charge in [-0.1, -0.05) is 30.3 Å². The lowest BCUT2D eigenvalue weighted by Gasteiger charge is -2.13. The molecule has 2 aromatic carbocycles. The highest BCUT2D eigenvalue weighted by Crippen LogP contribution is 2.25. The molecule has 3 aromatic rings. The van der Waals surface area contributed by atoms with E-state index in [4.69, 9.17) is 18.9 Å². The molecular formula is C24H23NO5. The first-order chi connectivity index (χ1) is 14.7. The van der Waals surface area contributed by atoms with Gasteiger partial charge in [0.15, 0.2) is 0 Å². The molecule has 0 N–H and O–H groups in total. The predicted molar refractivity (Wildman–Crippen MR) is 113 cm³/mol. The van der Waals surface area contributed by atoms with Gasteiger partial charge in [-0.2, -0.15) is 0 Å². The van der Waals surface area contributed by atoms with E-state index in [-0.39, 0.29) is 6.61 Å². The Morgan fingerprint density at radius 2 is 1.60 bits per heavy atom. The SMILES string of the molecule is CO/C=C(\C(=O)OC)c1ccccc1COc1cccc(OCc2ccncc2)c1. The van der Waals surface area contributed by atoms with E-state index in [1.54, 1.807) is 12.4 Å². The molecule has 0 aliphatic carbocycles. The van der Waals surface area contributed by atoms with E-state index in [1.807, 2.05) is 60.7 Å². The third kappa shape index (κ3) is 5.61. The van der Waals surface area contributed by atoms with Gasteiger partial charge in [0.25, 0.3) is 0 Å². The summed E-state index contributed by atoms with van der Waals surface area (Å²) in [6, 6.07) is 18.7. The average Bonchev–Trinajstić information content (AvgIpc) is 2.80. The van der Waals surface area contributed by atoms with Crippen molar-refractivity contribution in [1.82, 2.24) is 4.98 Å². The van der Waals surface area contributed by atoms with Crippen LogP contribution in [0, 0.1) is 0 Å². The number of pyridine rings is 1. The Morgan fingerprint density at radius 3 is 2.30 bits per heavy atom. The number of hydrogen-bond donors (Lipinski definition) is 0. The zero-order valence-electron chi connectivity index (χ0n) is 16.9. The first kappa shape index (κ1) is 20.9. The molecule has 0 spiro atoms. The Labute approximate surface area is 175 Å². The minimum atomic E-state index is -0.476. The molecule has 1 heterocycles. The molecular weight excluding hydrogens is 382 g/mol. The molecule has 0 saturated heterocycles. The maximum atomic E-state index is 12.1. The van der Waals surface area contributed by atoms with Crippen molar-refractivity contribution in [3.63, 3.8) is 0 Å². The average molecular weight is 405 g/mol. The van der Waals surface area contributed by atoms with Gasteiger partial charge in [-0.3, -0.25) is 4.98 Å². The first-order valence-corrected chi connectivity index (χ1v) is 9.35. The summed E-state index contributed by atoms with van der Waals surface area (Å²) in [5.41, 5.74) is 2.88. The molecule has 0 unspecified atom stereocenters. The van der Waals surface area contributed by atoms with E-state index in [0.717, 1.165) is 11.1 Å². The molecule has 6 nitrogen and oxygen atoms in total. The molecule has 0 saturated carbocycles. The molecule has 6 heteroatoms. The summed E-state index contributed by atoms with van der Waals surface area (Å²) >= 11 is 0. The van der Waals surface area contributed by atoms with Gasteiger partial charge in [0.2, 0.25) is 0 Å². The van der Waals surface area contributed by atoms with E-state index in [2.05, 4.69) is 4.98 Å². The maximum absolute atomic E-state index is 12.1. The van der Waals surface area contributed by atoms with Gasteiger partial charge in [-0.05, 0) is 41.0 Å². The summed E-state index contributed by atoms with van der Waals surface area (Å²) in [6.45, 7) is 0.709. The second kappa shape index (κ2) is 10.7. The summed E-state index contributed by atoms with van der Waals surface area (Å²) in [4.78, 5) is 16.1. The van der Waals surface area contributed by atoms with Crippen LogP contribution in [0.2, 0.25) is 0 Å². The smallest absolute Gasteiger partial charge is 0.341 e. The van der Waals surface area contributed by atoms with Crippen LogP contribution < -0.4 is 9.47 Å². The number of ether oxygens (including phenoxy) is 4. The first-order valence-electron chi connectivity index (χ1n) is 9.35. The zero-order valence-corrected chi connectivity index (χ0v) is 16.9. The lowest BCUT2D eigenvalue weighted by atomic mass is 10.0. The van der Waals surface area contributed by atoms with Gasteiger partial charge in [-0.15, -0.1) is 0 Å². The highest BCUT2D eigenvalue weighted by Gasteiger charge is 2.17. The number of carbonyl (C=O) groups is 1. The van der Waals surface area contributed by atoms with Crippen molar-refractivity contribution in [2.24, 2.45) is 0 Å². The van der Waals surface area contributed by atoms with Gasteiger partial charge in [0, 0.05) is 18.5 Å². The van der Waals surface area contributed by atoms with Crippen LogP contribution in [-0.2, 0) is 27.5 Å². The van der Waals surface area contributed by atoms with Crippen molar-refractivity contribution in [2.75, 3.05) is 14.2 Å². The summed E-state index contributed by atoms with van der Waals surface area (Å²) < 4.78 is 21.7. The summed E-state index contributed by atoms with van der Waals surface area (Å²) in [6.07, 6.45) is 4.84. The highest BCUT2D eigenvalue weighted by molar-refractivity contribution is 6.16. The molecule has 0 fully saturated rings. The number of benzene rings is 2. The standard InChI is InChI=1S/C24H23NO5/c1-27-17-23(24(26)28-2)22-9-4-3-6-19(22)16-30-21-8-5-7-20(14-21)29-15-18-10-12-25-13-11-18/h3-14,17H,15-16H2,1-2H3/b23-17-. The van der Waals surface area contributed by atoms with E-state index in [1.165, 1.54) is 20.5 Å². The van der Waals surface area contributed by atoms with Crippen LogP contribution in [0.5, 0.6) is 11.5 Å². The fourth-order valence-corrected chi connectivity index (χ4v) is 2.82. The Morgan fingerprint density at radius 1 is 0.900 bits per heavy atom. The van der Waals surface area contributed by atoms with Crippen molar-refractivity contribution < 1.29 is 23.7 Å². The number of methoxy groups -OCH3 is 2. The van der Waals surface area contributed by atoms with Gasteiger partial charge in [-0.25, -0.2) is 4.79 Å². The largest absolute Gasteiger partial charge is 0.503 e. The van der Waals surface area contributed by atoms with Crippen molar-refractivity contribution in [2.45, 2.75) is 13.2 Å². The predicted octanol–water partition coefficient (Wildman–Crippen LogP) is 4.40. The molecule has 0 bridgehead atoms. The molecule has 0 aliphatic heterocycles. The second-order valence-corrected chi connectivity index (χ2v) is 6.32. The lowest BCUT2D eigenvalue weighted by molar-refractivity contribution is -0.133. The summed E-state index contributed by atoms with van der Waals surface area (Å²) in [7, 11) is 2.82. The number of aromatic nitrogens is 1. The van der Waals surface area contributed by atoms with Crippen LogP contribution in [-0.4, -0.2) is 25.2 Å². The van der Waals surface area contributed by atoms with Gasteiger partial charge < -0.3 is 18.9 Å². The van der Waals surface area contributed by atoms with Crippen molar-refractivity contribution in [3.8, 4) is 11.5 Å². The minimum absolute atomic E-state index is 0.266. The van der Waals surface area contributed by atoms with E-state index in [9.17, 15) is 4.79 Å². The molecule has 1 aromatic heterocycles. The second-order valence-electron chi connectivity index (χ2n) is 6.32. The monoisotopic (exact) mass is 405 g/mol. The Balaban J connectivity index is 1.70. The number of rotatable bonds is 9.